The van der Waals surface area contributed by atoms with Crippen LogP contribution in [-0.2, 0) is 0 Å². The van der Waals surface area contributed by atoms with E-state index in [0.29, 0.717) is 5.69 Å². The molecule has 17 heavy (non-hydrogen) atoms. The summed E-state index contributed by atoms with van der Waals surface area (Å²) in [5.41, 5.74) is 0.782. The Morgan fingerprint density at radius 1 is 1.47 bits per heavy atom. The number of benzene rings is 1. The minimum absolute atomic E-state index is 0.000671. The first kappa shape index (κ1) is 14.0. The highest BCUT2D eigenvalue weighted by molar-refractivity contribution is 9.10. The van der Waals surface area contributed by atoms with Gasteiger partial charge in [-0.3, -0.25) is 0 Å². The second kappa shape index (κ2) is 6.02. The van der Waals surface area contributed by atoms with Gasteiger partial charge in [0.15, 0.2) is 0 Å². The zero-order valence-electron chi connectivity index (χ0n) is 9.77. The Bertz CT molecular complexity index is 409. The fourth-order valence-corrected chi connectivity index (χ4v) is 1.73. The lowest BCUT2D eigenvalue weighted by atomic mass is 10.0. The molecule has 0 aliphatic carbocycles. The van der Waals surface area contributed by atoms with Gasteiger partial charge in [0.2, 0.25) is 0 Å². The minimum atomic E-state index is -0.974. The summed E-state index contributed by atoms with van der Waals surface area (Å²) in [7, 11) is 0. The monoisotopic (exact) mass is 301 g/mol. The van der Waals surface area contributed by atoms with Gasteiger partial charge in [0.05, 0.1) is 5.56 Å². The molecule has 0 bridgehead atoms. The summed E-state index contributed by atoms with van der Waals surface area (Å²) in [5.74, 6) is -0.919. The molecule has 1 rings (SSSR count). The lowest BCUT2D eigenvalue weighted by Crippen LogP contribution is -2.27. The maximum Gasteiger partial charge on any atom is 0.337 e. The first-order valence-electron chi connectivity index (χ1n) is 5.36. The van der Waals surface area contributed by atoms with Crippen molar-refractivity contribution in [3.8, 4) is 0 Å². The summed E-state index contributed by atoms with van der Waals surface area (Å²) >= 11 is 3.24. The van der Waals surface area contributed by atoms with Crippen molar-refractivity contribution in [1.82, 2.24) is 0 Å². The number of aromatic carboxylic acids is 1. The van der Waals surface area contributed by atoms with Crippen LogP contribution in [0.1, 0.15) is 24.2 Å². The van der Waals surface area contributed by atoms with Gasteiger partial charge in [0, 0.05) is 22.8 Å². The molecular weight excluding hydrogens is 286 g/mol. The van der Waals surface area contributed by atoms with E-state index in [4.69, 9.17) is 10.2 Å². The summed E-state index contributed by atoms with van der Waals surface area (Å²) in [5, 5.41) is 21.2. The van der Waals surface area contributed by atoms with Crippen molar-refractivity contribution in [1.29, 1.82) is 0 Å². The number of carboxylic acids is 1. The average molecular weight is 302 g/mol. The van der Waals surface area contributed by atoms with Crippen LogP contribution in [0, 0.1) is 5.92 Å². The Kier molecular flexibility index (Phi) is 4.96. The lowest BCUT2D eigenvalue weighted by Gasteiger charge is -2.21. The quantitative estimate of drug-likeness (QED) is 0.782. The molecular formula is C12H16BrNO3. The molecule has 1 aromatic rings. The van der Waals surface area contributed by atoms with Crippen LogP contribution in [0.15, 0.2) is 22.7 Å². The van der Waals surface area contributed by atoms with Crippen molar-refractivity contribution in [3.05, 3.63) is 28.2 Å². The van der Waals surface area contributed by atoms with Crippen molar-refractivity contribution in [2.24, 2.45) is 5.92 Å². The van der Waals surface area contributed by atoms with Crippen molar-refractivity contribution in [2.45, 2.75) is 19.9 Å². The highest BCUT2D eigenvalue weighted by atomic mass is 79.9. The molecule has 0 amide bonds. The number of anilines is 1. The summed E-state index contributed by atoms with van der Waals surface area (Å²) in [6.45, 7) is 3.87. The summed E-state index contributed by atoms with van der Waals surface area (Å²) in [6.07, 6.45) is 0. The molecule has 0 saturated carbocycles. The van der Waals surface area contributed by atoms with Crippen LogP contribution in [0.2, 0.25) is 0 Å². The molecule has 2 atom stereocenters. The molecule has 2 unspecified atom stereocenters. The molecule has 0 saturated heterocycles. The van der Waals surface area contributed by atoms with Crippen molar-refractivity contribution >= 4 is 27.6 Å². The Morgan fingerprint density at radius 2 is 2.12 bits per heavy atom. The second-order valence-electron chi connectivity index (χ2n) is 4.09. The van der Waals surface area contributed by atoms with E-state index in [2.05, 4.69) is 21.2 Å². The van der Waals surface area contributed by atoms with Gasteiger partial charge in [0.25, 0.3) is 0 Å². The Balaban J connectivity index is 2.94. The maximum atomic E-state index is 11.1. The first-order valence-corrected chi connectivity index (χ1v) is 6.15. The third kappa shape index (κ3) is 3.71. The van der Waals surface area contributed by atoms with Gasteiger partial charge in [-0.25, -0.2) is 4.79 Å². The highest BCUT2D eigenvalue weighted by Gasteiger charge is 2.15. The summed E-state index contributed by atoms with van der Waals surface area (Å²) in [6, 6.07) is 5.06. The van der Waals surface area contributed by atoms with E-state index in [1.54, 1.807) is 18.2 Å². The zero-order valence-corrected chi connectivity index (χ0v) is 11.4. The Hall–Kier alpha value is -1.07. The Labute approximate surface area is 109 Å². The van der Waals surface area contributed by atoms with Crippen LogP contribution in [0.4, 0.5) is 5.69 Å². The predicted octanol–water partition coefficient (Wildman–Crippen LogP) is 2.58. The summed E-state index contributed by atoms with van der Waals surface area (Å²) < 4.78 is 0.725. The van der Waals surface area contributed by atoms with Gasteiger partial charge in [-0.2, -0.15) is 0 Å². The number of rotatable bonds is 5. The molecule has 0 aliphatic heterocycles. The average Bonchev–Trinajstić information content (AvgIpc) is 2.29. The van der Waals surface area contributed by atoms with Crippen LogP contribution >= 0.6 is 15.9 Å². The second-order valence-corrected chi connectivity index (χ2v) is 5.00. The molecule has 94 valence electrons. The fourth-order valence-electron chi connectivity index (χ4n) is 1.36. The van der Waals surface area contributed by atoms with Crippen LogP contribution in [0.25, 0.3) is 0 Å². The van der Waals surface area contributed by atoms with E-state index in [9.17, 15) is 4.79 Å². The minimum Gasteiger partial charge on any atom is -0.478 e. The fraction of sp³-hybridized carbons (Fsp3) is 0.417. The smallest absolute Gasteiger partial charge is 0.337 e. The number of aliphatic hydroxyl groups excluding tert-OH is 1. The number of hydrogen-bond acceptors (Lipinski definition) is 3. The molecule has 0 spiro atoms. The molecule has 0 aromatic heterocycles. The number of hydrogen-bond donors (Lipinski definition) is 3. The number of aliphatic hydroxyl groups is 1. The molecule has 0 heterocycles. The van der Waals surface area contributed by atoms with Gasteiger partial charge >= 0.3 is 5.97 Å². The maximum absolute atomic E-state index is 11.1. The van der Waals surface area contributed by atoms with Crippen LogP contribution in [-0.4, -0.2) is 28.8 Å². The van der Waals surface area contributed by atoms with Crippen LogP contribution in [0.3, 0.4) is 0 Å². The molecule has 3 N–H and O–H groups in total. The number of nitrogens with one attached hydrogen (secondary N) is 1. The zero-order chi connectivity index (χ0) is 13.0. The van der Waals surface area contributed by atoms with Gasteiger partial charge in [0.1, 0.15) is 0 Å². The molecule has 5 heteroatoms. The lowest BCUT2D eigenvalue weighted by molar-refractivity contribution is 0.0698. The molecule has 0 aliphatic rings. The molecule has 4 nitrogen and oxygen atoms in total. The third-order valence-electron chi connectivity index (χ3n) is 2.74. The Morgan fingerprint density at radius 3 is 2.65 bits per heavy atom. The van der Waals surface area contributed by atoms with Crippen molar-refractivity contribution in [3.63, 3.8) is 0 Å². The summed E-state index contributed by atoms with van der Waals surface area (Å²) in [4.78, 5) is 11.1. The number of carbonyl (C=O) groups is 1. The van der Waals surface area contributed by atoms with E-state index in [-0.39, 0.29) is 24.1 Å². The normalized spacial score (nSPS) is 14.1. The predicted molar refractivity (Wildman–Crippen MR) is 70.4 cm³/mol. The van der Waals surface area contributed by atoms with E-state index in [0.717, 1.165) is 4.47 Å². The standard InChI is InChI=1S/C12H16BrNO3/c1-7(6-15)8(2)14-11-4-3-9(13)5-10(11)12(16)17/h3-5,7-8,14-15H,6H2,1-2H3,(H,16,17). The van der Waals surface area contributed by atoms with E-state index < -0.39 is 5.97 Å². The van der Waals surface area contributed by atoms with E-state index >= 15 is 0 Å². The van der Waals surface area contributed by atoms with Crippen LogP contribution in [0.5, 0.6) is 0 Å². The van der Waals surface area contributed by atoms with Crippen LogP contribution < -0.4 is 5.32 Å². The molecule has 0 radical (unpaired) electrons. The number of halogens is 1. The number of carboxylic acid groups (broad SMARTS) is 1. The van der Waals surface area contributed by atoms with Gasteiger partial charge in [-0.1, -0.05) is 22.9 Å². The van der Waals surface area contributed by atoms with Gasteiger partial charge in [-0.05, 0) is 31.0 Å². The van der Waals surface area contributed by atoms with E-state index in [1.165, 1.54) is 0 Å². The molecule has 0 fully saturated rings. The van der Waals surface area contributed by atoms with Gasteiger partial charge < -0.3 is 15.5 Å². The first-order chi connectivity index (χ1) is 7.95. The topological polar surface area (TPSA) is 69.6 Å². The largest absolute Gasteiger partial charge is 0.478 e. The molecule has 1 aromatic carbocycles. The SMILES string of the molecule is CC(CO)C(C)Nc1ccc(Br)cc1C(=O)O. The highest BCUT2D eigenvalue weighted by Crippen LogP contribution is 2.22. The third-order valence-corrected chi connectivity index (χ3v) is 3.23. The van der Waals surface area contributed by atoms with Crippen molar-refractivity contribution < 1.29 is 15.0 Å². The van der Waals surface area contributed by atoms with Crippen molar-refractivity contribution in [2.75, 3.05) is 11.9 Å². The van der Waals surface area contributed by atoms with Gasteiger partial charge in [-0.15, -0.1) is 0 Å². The van der Waals surface area contributed by atoms with E-state index in [1.807, 2.05) is 13.8 Å².